The van der Waals surface area contributed by atoms with E-state index in [1.54, 1.807) is 0 Å². The standard InChI is InChI=1S/C17H23FN2O4S.ClH/c1-2-25(22,23)12-5-6-15(13(18)10-12)24-16-11-19-8-7-14(16)20-9-3-4-17(20)21;/h5-6,10,14,16,19H,2-4,7-9,11H2,1H3;1H. The van der Waals surface area contributed by atoms with Crippen molar-refractivity contribution in [3.05, 3.63) is 24.0 Å². The summed E-state index contributed by atoms with van der Waals surface area (Å²) in [5, 5.41) is 3.21. The number of halogens is 2. The Bertz CT molecular complexity index is 759. The van der Waals surface area contributed by atoms with E-state index in [0.717, 1.165) is 25.5 Å². The summed E-state index contributed by atoms with van der Waals surface area (Å²) in [7, 11) is -3.46. The Morgan fingerprint density at radius 1 is 1.38 bits per heavy atom. The molecular weight excluding hydrogens is 383 g/mol. The van der Waals surface area contributed by atoms with Crippen LogP contribution in [0.5, 0.6) is 5.75 Å². The van der Waals surface area contributed by atoms with Gasteiger partial charge in [0.05, 0.1) is 16.7 Å². The van der Waals surface area contributed by atoms with E-state index in [1.165, 1.54) is 19.1 Å². The molecule has 1 aromatic rings. The number of sulfone groups is 1. The van der Waals surface area contributed by atoms with Crippen molar-refractivity contribution in [3.8, 4) is 5.75 Å². The molecule has 26 heavy (non-hydrogen) atoms. The molecular formula is C17H24ClFN2O4S. The summed E-state index contributed by atoms with van der Waals surface area (Å²) < 4.78 is 43.9. The SMILES string of the molecule is CCS(=O)(=O)c1ccc(OC2CNCCC2N2CCCC2=O)c(F)c1.Cl. The lowest BCUT2D eigenvalue weighted by atomic mass is 10.0. The number of carbonyl (C=O) groups excluding carboxylic acids is 1. The number of rotatable bonds is 5. The Morgan fingerprint density at radius 2 is 2.15 bits per heavy atom. The molecule has 9 heteroatoms. The maximum Gasteiger partial charge on any atom is 0.223 e. The number of amides is 1. The number of carbonyl (C=O) groups is 1. The van der Waals surface area contributed by atoms with Crippen molar-refractivity contribution in [2.24, 2.45) is 0 Å². The van der Waals surface area contributed by atoms with E-state index in [1.807, 2.05) is 4.90 Å². The van der Waals surface area contributed by atoms with Crippen molar-refractivity contribution >= 4 is 28.2 Å². The highest BCUT2D eigenvalue weighted by Gasteiger charge is 2.36. The highest BCUT2D eigenvalue weighted by Crippen LogP contribution is 2.27. The van der Waals surface area contributed by atoms with Crippen molar-refractivity contribution in [1.29, 1.82) is 0 Å². The van der Waals surface area contributed by atoms with E-state index >= 15 is 0 Å². The molecule has 1 N–H and O–H groups in total. The topological polar surface area (TPSA) is 75.7 Å². The van der Waals surface area contributed by atoms with Gasteiger partial charge < -0.3 is 15.0 Å². The first-order chi connectivity index (χ1) is 11.9. The highest BCUT2D eigenvalue weighted by atomic mass is 35.5. The lowest BCUT2D eigenvalue weighted by Crippen LogP contribution is -2.55. The van der Waals surface area contributed by atoms with Gasteiger partial charge in [-0.15, -0.1) is 12.4 Å². The molecule has 2 fully saturated rings. The van der Waals surface area contributed by atoms with Crippen molar-refractivity contribution in [3.63, 3.8) is 0 Å². The first-order valence-corrected chi connectivity index (χ1v) is 10.3. The number of benzene rings is 1. The van der Waals surface area contributed by atoms with Gasteiger partial charge in [-0.05, 0) is 37.6 Å². The molecule has 2 aliphatic rings. The molecule has 0 spiro atoms. The molecule has 146 valence electrons. The van der Waals surface area contributed by atoms with E-state index in [2.05, 4.69) is 5.32 Å². The maximum absolute atomic E-state index is 14.4. The van der Waals surface area contributed by atoms with Crippen LogP contribution in [0.4, 0.5) is 4.39 Å². The molecule has 0 aromatic heterocycles. The van der Waals surface area contributed by atoms with Gasteiger partial charge in [0.1, 0.15) is 6.10 Å². The summed E-state index contributed by atoms with van der Waals surface area (Å²) in [5.41, 5.74) is 0. The molecule has 0 saturated carbocycles. The molecule has 0 radical (unpaired) electrons. The van der Waals surface area contributed by atoms with Gasteiger partial charge in [0.25, 0.3) is 0 Å². The average Bonchev–Trinajstić information content (AvgIpc) is 3.03. The van der Waals surface area contributed by atoms with E-state index in [0.29, 0.717) is 19.5 Å². The molecule has 2 unspecified atom stereocenters. The predicted molar refractivity (Wildman–Crippen MR) is 98.0 cm³/mol. The van der Waals surface area contributed by atoms with Crippen LogP contribution in [0.2, 0.25) is 0 Å². The van der Waals surface area contributed by atoms with Crippen LogP contribution >= 0.6 is 12.4 Å². The molecule has 0 aliphatic carbocycles. The lowest BCUT2D eigenvalue weighted by molar-refractivity contribution is -0.132. The summed E-state index contributed by atoms with van der Waals surface area (Å²) in [6, 6.07) is 3.63. The molecule has 2 saturated heterocycles. The highest BCUT2D eigenvalue weighted by molar-refractivity contribution is 7.91. The molecule has 2 heterocycles. The second kappa shape index (κ2) is 8.54. The second-order valence-electron chi connectivity index (χ2n) is 6.40. The van der Waals surface area contributed by atoms with Crippen LogP contribution in [0, 0.1) is 5.82 Å². The summed E-state index contributed by atoms with van der Waals surface area (Å²) in [6.07, 6.45) is 1.78. The van der Waals surface area contributed by atoms with E-state index in [9.17, 15) is 17.6 Å². The minimum Gasteiger partial charge on any atom is -0.484 e. The van der Waals surface area contributed by atoms with Gasteiger partial charge in [-0.25, -0.2) is 12.8 Å². The van der Waals surface area contributed by atoms with Gasteiger partial charge in [0.2, 0.25) is 5.91 Å². The molecule has 6 nitrogen and oxygen atoms in total. The van der Waals surface area contributed by atoms with E-state index < -0.39 is 15.7 Å². The summed E-state index contributed by atoms with van der Waals surface area (Å²) >= 11 is 0. The molecule has 1 aromatic carbocycles. The van der Waals surface area contributed by atoms with Crippen molar-refractivity contribution in [2.45, 2.75) is 43.2 Å². The predicted octanol–water partition coefficient (Wildman–Crippen LogP) is 1.77. The van der Waals surface area contributed by atoms with Crippen LogP contribution in [0.1, 0.15) is 26.2 Å². The van der Waals surface area contributed by atoms with Crippen LogP contribution in [0.3, 0.4) is 0 Å². The first kappa shape index (κ1) is 20.9. The zero-order valence-corrected chi connectivity index (χ0v) is 16.2. The Hall–Kier alpha value is -1.38. The molecule has 2 atom stereocenters. The monoisotopic (exact) mass is 406 g/mol. The third-order valence-electron chi connectivity index (χ3n) is 4.82. The molecule has 2 aliphatic heterocycles. The summed E-state index contributed by atoms with van der Waals surface area (Å²) in [6.45, 7) is 3.52. The van der Waals surface area contributed by atoms with Crippen LogP contribution in [-0.4, -0.2) is 56.8 Å². The number of piperidine rings is 1. The second-order valence-corrected chi connectivity index (χ2v) is 8.68. The van der Waals surface area contributed by atoms with Crippen LogP contribution in [-0.2, 0) is 14.6 Å². The number of nitrogens with one attached hydrogen (secondary N) is 1. The van der Waals surface area contributed by atoms with Gasteiger partial charge in [0, 0.05) is 19.5 Å². The average molecular weight is 407 g/mol. The Labute approximate surface area is 159 Å². The smallest absolute Gasteiger partial charge is 0.223 e. The largest absolute Gasteiger partial charge is 0.484 e. The fourth-order valence-corrected chi connectivity index (χ4v) is 4.30. The zero-order chi connectivity index (χ0) is 18.0. The Kier molecular flexibility index (Phi) is 6.87. The first-order valence-electron chi connectivity index (χ1n) is 8.61. The summed E-state index contributed by atoms with van der Waals surface area (Å²) in [5.74, 6) is -0.657. The van der Waals surface area contributed by atoms with Gasteiger partial charge >= 0.3 is 0 Å². The number of hydrogen-bond acceptors (Lipinski definition) is 5. The minimum absolute atomic E-state index is 0. The number of ether oxygens (including phenoxy) is 1. The van der Waals surface area contributed by atoms with Crippen LogP contribution < -0.4 is 10.1 Å². The number of hydrogen-bond donors (Lipinski definition) is 1. The van der Waals surface area contributed by atoms with Crippen LogP contribution in [0.25, 0.3) is 0 Å². The fourth-order valence-electron chi connectivity index (χ4n) is 3.41. The Balaban J connectivity index is 0.00000243. The van der Waals surface area contributed by atoms with Gasteiger partial charge in [-0.2, -0.15) is 0 Å². The van der Waals surface area contributed by atoms with E-state index in [4.69, 9.17) is 4.74 Å². The number of nitrogens with zero attached hydrogens (tertiary/aromatic N) is 1. The third-order valence-corrected chi connectivity index (χ3v) is 6.55. The normalized spacial score (nSPS) is 23.6. The van der Waals surface area contributed by atoms with Gasteiger partial charge in [-0.1, -0.05) is 6.92 Å². The molecule has 3 rings (SSSR count). The fraction of sp³-hybridized carbons (Fsp3) is 0.588. The third kappa shape index (κ3) is 4.29. The molecule has 0 bridgehead atoms. The van der Waals surface area contributed by atoms with Crippen molar-refractivity contribution in [1.82, 2.24) is 10.2 Å². The van der Waals surface area contributed by atoms with Gasteiger partial charge in [-0.3, -0.25) is 4.79 Å². The minimum atomic E-state index is -3.46. The van der Waals surface area contributed by atoms with Crippen molar-refractivity contribution < 1.29 is 22.3 Å². The Morgan fingerprint density at radius 3 is 2.77 bits per heavy atom. The lowest BCUT2D eigenvalue weighted by Gasteiger charge is -2.38. The van der Waals surface area contributed by atoms with Crippen LogP contribution in [0.15, 0.2) is 23.1 Å². The zero-order valence-electron chi connectivity index (χ0n) is 14.6. The summed E-state index contributed by atoms with van der Waals surface area (Å²) in [4.78, 5) is 13.8. The number of likely N-dealkylation sites (tertiary alicyclic amines) is 1. The quantitative estimate of drug-likeness (QED) is 0.806. The van der Waals surface area contributed by atoms with E-state index in [-0.39, 0.29) is 46.9 Å². The maximum atomic E-state index is 14.4. The molecule has 1 amide bonds. The van der Waals surface area contributed by atoms with Crippen molar-refractivity contribution in [2.75, 3.05) is 25.4 Å². The van der Waals surface area contributed by atoms with Gasteiger partial charge in [0.15, 0.2) is 21.4 Å².